The van der Waals surface area contributed by atoms with Crippen LogP contribution in [0.4, 0.5) is 0 Å². The molecule has 0 spiro atoms. The molecule has 1 aromatic rings. The van der Waals surface area contributed by atoms with Crippen LogP contribution in [0.5, 0.6) is 0 Å². The Kier molecular flexibility index (Phi) is 10.6. The normalized spacial score (nSPS) is 27.5. The number of aryl methyl sites for hydroxylation is 1. The van der Waals surface area contributed by atoms with Gasteiger partial charge in [-0.15, -0.1) is 0 Å². The van der Waals surface area contributed by atoms with E-state index in [1.807, 2.05) is 0 Å². The van der Waals surface area contributed by atoms with Crippen molar-refractivity contribution in [2.45, 2.75) is 78.1 Å². The summed E-state index contributed by atoms with van der Waals surface area (Å²) in [5.41, 5.74) is 5.96. The molecule has 2 saturated heterocycles. The number of aliphatic hydroxyl groups excluding tert-OH is 1. The van der Waals surface area contributed by atoms with Gasteiger partial charge in [-0.3, -0.25) is 19.4 Å². The maximum Gasteiger partial charge on any atom is 0.290 e. The number of nitrogens with zero attached hydrogens (tertiary/aromatic N) is 2. The van der Waals surface area contributed by atoms with Gasteiger partial charge in [0.1, 0.15) is 0 Å². The van der Waals surface area contributed by atoms with Crippen molar-refractivity contribution in [1.82, 2.24) is 9.80 Å². The topological polar surface area (TPSA) is 101 Å². The summed E-state index contributed by atoms with van der Waals surface area (Å²) in [6.45, 7) is 12.3. The molecule has 3 fully saturated rings. The van der Waals surface area contributed by atoms with E-state index in [0.717, 1.165) is 43.8 Å². The van der Waals surface area contributed by atoms with Crippen molar-refractivity contribution in [2.24, 2.45) is 11.8 Å². The number of piperidine rings is 1. The molecule has 4 atom stereocenters. The lowest BCUT2D eigenvalue weighted by Gasteiger charge is -2.34. The molecule has 1 aliphatic carbocycles. The SMILES string of the molecule is Cc1cc(CN2C[C@H]3CC(O)C[C@H]3C2)c(C)c(CN2CCCCC2C)c1.O=CO.O=CO. The second-order valence-electron chi connectivity index (χ2n) is 9.57. The van der Waals surface area contributed by atoms with E-state index in [0.29, 0.717) is 0 Å². The largest absolute Gasteiger partial charge is 0.483 e. The molecule has 2 heterocycles. The van der Waals surface area contributed by atoms with Crippen LogP contribution in [-0.2, 0) is 22.7 Å². The number of rotatable bonds is 4. The molecule has 180 valence electrons. The zero-order valence-corrected chi connectivity index (χ0v) is 19.7. The van der Waals surface area contributed by atoms with Gasteiger partial charge in [-0.2, -0.15) is 0 Å². The van der Waals surface area contributed by atoms with Crippen LogP contribution in [0.25, 0.3) is 0 Å². The number of fused-ring (bicyclic) bond motifs is 1. The molecule has 0 radical (unpaired) electrons. The zero-order valence-electron chi connectivity index (χ0n) is 19.7. The minimum Gasteiger partial charge on any atom is -0.483 e. The van der Waals surface area contributed by atoms with E-state index < -0.39 is 0 Å². The lowest BCUT2D eigenvalue weighted by atomic mass is 9.96. The molecular formula is C25H40N2O5. The first-order valence-corrected chi connectivity index (χ1v) is 11.7. The summed E-state index contributed by atoms with van der Waals surface area (Å²) in [5.74, 6) is 1.45. The van der Waals surface area contributed by atoms with Gasteiger partial charge in [-0.25, -0.2) is 0 Å². The Morgan fingerprint density at radius 2 is 1.50 bits per heavy atom. The van der Waals surface area contributed by atoms with Gasteiger partial charge in [0.15, 0.2) is 0 Å². The summed E-state index contributed by atoms with van der Waals surface area (Å²) in [5, 5.41) is 23.7. The van der Waals surface area contributed by atoms with Crippen molar-refractivity contribution in [3.8, 4) is 0 Å². The monoisotopic (exact) mass is 448 g/mol. The summed E-state index contributed by atoms with van der Waals surface area (Å²) in [4.78, 5) is 22.0. The van der Waals surface area contributed by atoms with Crippen molar-refractivity contribution in [3.05, 3.63) is 34.4 Å². The van der Waals surface area contributed by atoms with Gasteiger partial charge in [-0.05, 0) is 81.5 Å². The number of likely N-dealkylation sites (tertiary alicyclic amines) is 2. The van der Waals surface area contributed by atoms with Gasteiger partial charge < -0.3 is 15.3 Å². The molecule has 7 nitrogen and oxygen atoms in total. The smallest absolute Gasteiger partial charge is 0.290 e. The van der Waals surface area contributed by atoms with Gasteiger partial charge in [0.2, 0.25) is 0 Å². The maximum atomic E-state index is 9.88. The third-order valence-corrected chi connectivity index (χ3v) is 7.28. The first-order valence-electron chi connectivity index (χ1n) is 11.7. The molecule has 3 N–H and O–H groups in total. The van der Waals surface area contributed by atoms with E-state index in [-0.39, 0.29) is 19.0 Å². The molecule has 4 rings (SSSR count). The summed E-state index contributed by atoms with van der Waals surface area (Å²) in [6, 6.07) is 5.54. The van der Waals surface area contributed by atoms with Gasteiger partial charge in [0.25, 0.3) is 12.9 Å². The van der Waals surface area contributed by atoms with Crippen LogP contribution in [0.15, 0.2) is 12.1 Å². The maximum absolute atomic E-state index is 9.88. The fourth-order valence-electron chi connectivity index (χ4n) is 5.69. The van der Waals surface area contributed by atoms with E-state index in [1.165, 1.54) is 61.2 Å². The summed E-state index contributed by atoms with van der Waals surface area (Å²) in [7, 11) is 0. The Labute approximate surface area is 192 Å². The van der Waals surface area contributed by atoms with Crippen LogP contribution in [0.1, 0.15) is 61.3 Å². The van der Waals surface area contributed by atoms with Crippen molar-refractivity contribution < 1.29 is 24.9 Å². The Hall–Kier alpha value is -1.96. The van der Waals surface area contributed by atoms with E-state index in [9.17, 15) is 5.11 Å². The summed E-state index contributed by atoms with van der Waals surface area (Å²) < 4.78 is 0. The zero-order chi connectivity index (χ0) is 23.7. The number of benzene rings is 1. The molecular weight excluding hydrogens is 408 g/mol. The van der Waals surface area contributed by atoms with E-state index in [4.69, 9.17) is 19.8 Å². The third-order valence-electron chi connectivity index (χ3n) is 7.28. The van der Waals surface area contributed by atoms with Crippen molar-refractivity contribution in [2.75, 3.05) is 19.6 Å². The van der Waals surface area contributed by atoms with Crippen LogP contribution >= 0.6 is 0 Å². The first kappa shape index (κ1) is 26.3. The minimum absolute atomic E-state index is 0.0361. The van der Waals surface area contributed by atoms with E-state index in [1.54, 1.807) is 0 Å². The molecule has 3 aliphatic rings. The standard InChI is InChI=1S/C23H36N2O.2CH2O2/c1-16-8-19(12-24-13-21-10-23(26)11-22(21)14-24)18(3)20(9-16)15-25-7-5-4-6-17(25)2;2*2-1-3/h8-9,17,21-23,26H,4-7,10-15H2,1-3H3;2*1H,(H,2,3)/t17?,21-,22+,23?;;. The second kappa shape index (κ2) is 12.9. The third kappa shape index (κ3) is 7.29. The fraction of sp³-hybridized carbons (Fsp3) is 0.680. The Bertz CT molecular complexity index is 721. The van der Waals surface area contributed by atoms with Crippen LogP contribution in [0.3, 0.4) is 0 Å². The molecule has 1 aromatic carbocycles. The van der Waals surface area contributed by atoms with Gasteiger partial charge in [0, 0.05) is 32.2 Å². The first-order chi connectivity index (χ1) is 15.3. The molecule has 0 bridgehead atoms. The van der Waals surface area contributed by atoms with Gasteiger partial charge in [-0.1, -0.05) is 24.1 Å². The number of hydrogen-bond acceptors (Lipinski definition) is 5. The van der Waals surface area contributed by atoms with E-state index in [2.05, 4.69) is 42.7 Å². The number of aliphatic hydroxyl groups is 1. The average molecular weight is 449 g/mol. The van der Waals surface area contributed by atoms with Crippen LogP contribution < -0.4 is 0 Å². The molecule has 32 heavy (non-hydrogen) atoms. The number of hydrogen-bond donors (Lipinski definition) is 3. The summed E-state index contributed by atoms with van der Waals surface area (Å²) >= 11 is 0. The van der Waals surface area contributed by atoms with Gasteiger partial charge >= 0.3 is 0 Å². The predicted octanol–water partition coefficient (Wildman–Crippen LogP) is 3.28. The highest BCUT2D eigenvalue weighted by Gasteiger charge is 2.40. The van der Waals surface area contributed by atoms with Crippen LogP contribution in [0, 0.1) is 25.7 Å². The molecule has 2 aliphatic heterocycles. The highest BCUT2D eigenvalue weighted by atomic mass is 16.3. The lowest BCUT2D eigenvalue weighted by molar-refractivity contribution is -0.123. The molecule has 2 unspecified atom stereocenters. The second-order valence-corrected chi connectivity index (χ2v) is 9.57. The highest BCUT2D eigenvalue weighted by molar-refractivity contribution is 5.38. The van der Waals surface area contributed by atoms with Crippen LogP contribution in [0.2, 0.25) is 0 Å². The lowest BCUT2D eigenvalue weighted by Crippen LogP contribution is -2.37. The van der Waals surface area contributed by atoms with Crippen molar-refractivity contribution in [3.63, 3.8) is 0 Å². The predicted molar refractivity (Wildman–Crippen MR) is 125 cm³/mol. The highest BCUT2D eigenvalue weighted by Crippen LogP contribution is 2.38. The van der Waals surface area contributed by atoms with Crippen LogP contribution in [-0.4, -0.2) is 69.8 Å². The van der Waals surface area contributed by atoms with Crippen molar-refractivity contribution >= 4 is 12.9 Å². The Morgan fingerprint density at radius 3 is 2.03 bits per heavy atom. The van der Waals surface area contributed by atoms with Crippen molar-refractivity contribution in [1.29, 1.82) is 0 Å². The van der Waals surface area contributed by atoms with E-state index >= 15 is 0 Å². The minimum atomic E-state index is -0.250. The molecule has 0 amide bonds. The summed E-state index contributed by atoms with van der Waals surface area (Å²) in [6.07, 6.45) is 6.09. The fourth-order valence-corrected chi connectivity index (χ4v) is 5.69. The Morgan fingerprint density at radius 1 is 0.969 bits per heavy atom. The quantitative estimate of drug-likeness (QED) is 0.608. The number of carbonyl (C=O) groups is 2. The molecule has 0 aromatic heterocycles. The number of carboxylic acid groups (broad SMARTS) is 2. The Balaban J connectivity index is 0.000000547. The van der Waals surface area contributed by atoms with Gasteiger partial charge in [0.05, 0.1) is 6.10 Å². The average Bonchev–Trinajstić information content (AvgIpc) is 3.25. The molecule has 1 saturated carbocycles. The molecule has 7 heteroatoms.